The zero-order valence-corrected chi connectivity index (χ0v) is 31.7. The summed E-state index contributed by atoms with van der Waals surface area (Å²) in [4.78, 5) is 66.4. The first-order valence-electron chi connectivity index (χ1n) is 18.4. The Morgan fingerprint density at radius 1 is 0.725 bits per heavy atom. The molecule has 278 valence electrons. The fourth-order valence-electron chi connectivity index (χ4n) is 6.52. The van der Waals surface area contributed by atoms with Crippen LogP contribution in [0.25, 0.3) is 28.0 Å². The standard InChI is InChI=1S/C22H31N5O3.C15H24N4O2/c1-6-8-9-10-11-14-26-17(7-2)24-20-19(26)21(28)25(4)22(29)27(20)18-15(3)23-13-12-16(18)30-5;1-4-6-7-8-9-10-19-11(5-2)16-13-12(19)14(20)18(3)15(21)17-13/h12-13H,6-11,14H2,1-5H3;4-10H2,1-3H3,(H,17,21). The van der Waals surface area contributed by atoms with Crippen molar-refractivity contribution in [2.45, 2.75) is 125 Å². The predicted octanol–water partition coefficient (Wildman–Crippen LogP) is 5.09. The maximum absolute atomic E-state index is 13.2. The van der Waals surface area contributed by atoms with Gasteiger partial charge in [-0.15, -0.1) is 0 Å². The molecule has 0 atom stereocenters. The number of aromatic nitrogens is 9. The number of aromatic amines is 1. The van der Waals surface area contributed by atoms with E-state index in [2.05, 4.69) is 28.8 Å². The molecular weight excluding hydrogens is 650 g/mol. The molecule has 5 heterocycles. The lowest BCUT2D eigenvalue weighted by Crippen LogP contribution is -2.38. The van der Waals surface area contributed by atoms with Crippen molar-refractivity contribution >= 4 is 22.3 Å². The highest BCUT2D eigenvalue weighted by Crippen LogP contribution is 2.26. The van der Waals surface area contributed by atoms with Crippen molar-refractivity contribution in [2.75, 3.05) is 7.11 Å². The number of methoxy groups -OCH3 is 1. The lowest BCUT2D eigenvalue weighted by molar-refractivity contribution is 0.411. The molecule has 0 aliphatic rings. The summed E-state index contributed by atoms with van der Waals surface area (Å²) in [6.07, 6.45) is 14.6. The molecule has 5 aromatic heterocycles. The highest BCUT2D eigenvalue weighted by molar-refractivity contribution is 5.74. The molecule has 0 amide bonds. The lowest BCUT2D eigenvalue weighted by Gasteiger charge is -2.15. The number of pyridine rings is 1. The average molecular weight is 706 g/mol. The van der Waals surface area contributed by atoms with Crippen LogP contribution in [-0.2, 0) is 40.0 Å². The van der Waals surface area contributed by atoms with Crippen LogP contribution in [0.15, 0.2) is 31.4 Å². The van der Waals surface area contributed by atoms with E-state index < -0.39 is 11.4 Å². The zero-order valence-electron chi connectivity index (χ0n) is 31.7. The summed E-state index contributed by atoms with van der Waals surface area (Å²) in [5.41, 5.74) is 1.42. The van der Waals surface area contributed by atoms with Crippen LogP contribution in [0.1, 0.15) is 109 Å². The number of hydrogen-bond donors (Lipinski definition) is 1. The molecule has 0 spiro atoms. The summed E-state index contributed by atoms with van der Waals surface area (Å²) in [6.45, 7) is 11.7. The smallest absolute Gasteiger partial charge is 0.337 e. The Hall–Kier alpha value is -4.75. The third-order valence-electron chi connectivity index (χ3n) is 9.43. The molecule has 0 saturated carbocycles. The lowest BCUT2D eigenvalue weighted by atomic mass is 10.1. The summed E-state index contributed by atoms with van der Waals surface area (Å²) in [7, 11) is 4.54. The van der Waals surface area contributed by atoms with Crippen LogP contribution in [0, 0.1) is 6.92 Å². The van der Waals surface area contributed by atoms with Gasteiger partial charge in [0.05, 0.1) is 12.8 Å². The maximum atomic E-state index is 13.2. The Bertz CT molecular complexity index is 2180. The van der Waals surface area contributed by atoms with E-state index >= 15 is 0 Å². The molecule has 0 unspecified atom stereocenters. The minimum absolute atomic E-state index is 0.269. The van der Waals surface area contributed by atoms with Crippen LogP contribution in [0.2, 0.25) is 0 Å². The van der Waals surface area contributed by atoms with Gasteiger partial charge in [0.2, 0.25) is 0 Å². The number of hydrogen-bond acceptors (Lipinski definition) is 8. The van der Waals surface area contributed by atoms with Gasteiger partial charge in [-0.25, -0.2) is 24.1 Å². The van der Waals surface area contributed by atoms with E-state index in [1.54, 1.807) is 19.4 Å². The average Bonchev–Trinajstić information content (AvgIpc) is 3.68. The molecule has 0 radical (unpaired) electrons. The monoisotopic (exact) mass is 705 g/mol. The van der Waals surface area contributed by atoms with Crippen LogP contribution in [0.3, 0.4) is 0 Å². The Kier molecular flexibility index (Phi) is 13.7. The van der Waals surface area contributed by atoms with E-state index in [-0.39, 0.29) is 11.1 Å². The van der Waals surface area contributed by atoms with Crippen LogP contribution in [0.4, 0.5) is 0 Å². The molecule has 1 N–H and O–H groups in total. The quantitative estimate of drug-likeness (QED) is 0.139. The van der Waals surface area contributed by atoms with Crippen molar-refractivity contribution in [3.8, 4) is 11.4 Å². The molecule has 0 saturated heterocycles. The van der Waals surface area contributed by atoms with E-state index in [4.69, 9.17) is 9.72 Å². The van der Waals surface area contributed by atoms with Crippen molar-refractivity contribution in [3.05, 3.63) is 71.3 Å². The van der Waals surface area contributed by atoms with Crippen molar-refractivity contribution in [1.29, 1.82) is 0 Å². The first kappa shape index (κ1) is 39.0. The van der Waals surface area contributed by atoms with Gasteiger partial charge < -0.3 is 13.9 Å². The Morgan fingerprint density at radius 2 is 1.27 bits per heavy atom. The van der Waals surface area contributed by atoms with E-state index in [9.17, 15) is 19.2 Å². The van der Waals surface area contributed by atoms with Gasteiger partial charge in [-0.2, -0.15) is 0 Å². The highest BCUT2D eigenvalue weighted by atomic mass is 16.5. The molecule has 0 bridgehead atoms. The second-order valence-electron chi connectivity index (χ2n) is 13.0. The first-order valence-corrected chi connectivity index (χ1v) is 18.4. The van der Waals surface area contributed by atoms with Crippen molar-refractivity contribution < 1.29 is 4.74 Å². The number of imidazole rings is 2. The zero-order chi connectivity index (χ0) is 37.2. The summed E-state index contributed by atoms with van der Waals surface area (Å²) in [6, 6.07) is 1.71. The number of nitrogens with one attached hydrogen (secondary N) is 1. The normalized spacial score (nSPS) is 11.4. The van der Waals surface area contributed by atoms with Crippen molar-refractivity contribution in [3.63, 3.8) is 0 Å². The maximum Gasteiger partial charge on any atom is 0.337 e. The molecule has 5 rings (SSSR count). The fraction of sp³-hybridized carbons (Fsp3) is 0.595. The third-order valence-corrected chi connectivity index (χ3v) is 9.43. The SMILES string of the molecule is CCCCCCCn1c(CC)nc2[nH]c(=O)n(C)c(=O)c21.CCCCCCCn1c(CC)nc2c1c(=O)n(C)c(=O)n2-c1c(OC)ccnc1C. The van der Waals surface area contributed by atoms with E-state index in [1.165, 1.54) is 57.2 Å². The number of fused-ring (bicyclic) bond motifs is 2. The van der Waals surface area contributed by atoms with E-state index in [0.717, 1.165) is 59.4 Å². The number of aryl methyl sites for hydroxylation is 5. The molecule has 14 nitrogen and oxygen atoms in total. The molecule has 5 aromatic rings. The first-order chi connectivity index (χ1) is 24.6. The Morgan fingerprint density at radius 3 is 1.84 bits per heavy atom. The minimum Gasteiger partial charge on any atom is -0.494 e. The van der Waals surface area contributed by atoms with E-state index in [0.29, 0.717) is 52.4 Å². The van der Waals surface area contributed by atoms with Crippen molar-refractivity contribution in [2.24, 2.45) is 14.1 Å². The van der Waals surface area contributed by atoms with Gasteiger partial charge in [-0.3, -0.25) is 28.7 Å². The predicted molar refractivity (Wildman–Crippen MR) is 202 cm³/mol. The molecule has 0 aliphatic heterocycles. The summed E-state index contributed by atoms with van der Waals surface area (Å²) < 4.78 is 13.2. The number of rotatable bonds is 16. The summed E-state index contributed by atoms with van der Waals surface area (Å²) >= 11 is 0. The van der Waals surface area contributed by atoms with Crippen LogP contribution in [-0.4, -0.2) is 49.9 Å². The van der Waals surface area contributed by atoms with E-state index in [1.807, 2.05) is 29.9 Å². The molecule has 0 aromatic carbocycles. The van der Waals surface area contributed by atoms with Crippen LogP contribution >= 0.6 is 0 Å². The van der Waals surface area contributed by atoms with Gasteiger partial charge in [0, 0.05) is 52.3 Å². The number of ether oxygens (including phenoxy) is 1. The topological polar surface area (TPSA) is 157 Å². The van der Waals surface area contributed by atoms with Gasteiger partial charge in [0.15, 0.2) is 22.3 Å². The summed E-state index contributed by atoms with van der Waals surface area (Å²) in [5.74, 6) is 2.17. The molecule has 14 heteroatoms. The molecular formula is C37H55N9O5. The van der Waals surface area contributed by atoms with Gasteiger partial charge in [0.1, 0.15) is 23.1 Å². The van der Waals surface area contributed by atoms with Gasteiger partial charge in [-0.05, 0) is 19.8 Å². The summed E-state index contributed by atoms with van der Waals surface area (Å²) in [5, 5.41) is 0. The van der Waals surface area contributed by atoms with Gasteiger partial charge in [0.25, 0.3) is 11.1 Å². The van der Waals surface area contributed by atoms with Crippen LogP contribution < -0.4 is 27.2 Å². The minimum atomic E-state index is -0.461. The number of unbranched alkanes of at least 4 members (excludes halogenated alkanes) is 8. The fourth-order valence-corrected chi connectivity index (χ4v) is 6.52. The largest absolute Gasteiger partial charge is 0.494 e. The Labute approximate surface area is 298 Å². The molecule has 0 aliphatic carbocycles. The highest BCUT2D eigenvalue weighted by Gasteiger charge is 2.23. The van der Waals surface area contributed by atoms with Crippen LogP contribution in [0.5, 0.6) is 5.75 Å². The second kappa shape index (κ2) is 18.0. The third kappa shape index (κ3) is 8.26. The molecule has 0 fully saturated rings. The Balaban J connectivity index is 0.000000244. The number of nitrogens with zero attached hydrogens (tertiary/aromatic N) is 8. The second-order valence-corrected chi connectivity index (χ2v) is 13.0. The van der Waals surface area contributed by atoms with Gasteiger partial charge >= 0.3 is 11.4 Å². The number of H-pyrrole nitrogens is 1. The van der Waals surface area contributed by atoms with Gasteiger partial charge in [-0.1, -0.05) is 79.1 Å². The van der Waals surface area contributed by atoms with Crippen molar-refractivity contribution in [1.82, 2.24) is 42.8 Å². The molecule has 51 heavy (non-hydrogen) atoms.